The van der Waals surface area contributed by atoms with E-state index in [1.54, 1.807) is 0 Å². The van der Waals surface area contributed by atoms with Gasteiger partial charge in [0.15, 0.2) is 0 Å². The third-order valence-corrected chi connectivity index (χ3v) is 5.33. The Morgan fingerprint density at radius 3 is 2.59 bits per heavy atom. The number of nitrogens with one attached hydrogen (secondary N) is 1. The quantitative estimate of drug-likeness (QED) is 0.859. The van der Waals surface area contributed by atoms with Crippen molar-refractivity contribution in [3.63, 3.8) is 0 Å². The molecule has 5 nitrogen and oxygen atoms in total. The van der Waals surface area contributed by atoms with Gasteiger partial charge in [0.25, 0.3) is 0 Å². The van der Waals surface area contributed by atoms with Crippen LogP contribution in [0.25, 0.3) is 0 Å². The van der Waals surface area contributed by atoms with Gasteiger partial charge in [0, 0.05) is 12.6 Å². The average molecular weight is 362 g/mol. The minimum absolute atomic E-state index is 0.0635. The lowest BCUT2D eigenvalue weighted by Crippen LogP contribution is -2.40. The summed E-state index contributed by atoms with van der Waals surface area (Å²) in [5, 5.41) is 9.00. The van der Waals surface area contributed by atoms with Gasteiger partial charge in [-0.3, -0.25) is 10.3 Å². The van der Waals surface area contributed by atoms with Gasteiger partial charge >= 0.3 is 0 Å². The van der Waals surface area contributed by atoms with Crippen LogP contribution in [0.1, 0.15) is 25.3 Å². The normalized spacial score (nSPS) is 18.5. The molecule has 2 aliphatic heterocycles. The van der Waals surface area contributed by atoms with Crippen molar-refractivity contribution in [2.24, 2.45) is 15.9 Å². The van der Waals surface area contributed by atoms with Crippen LogP contribution in [0.2, 0.25) is 0 Å². The predicted octanol–water partition coefficient (Wildman–Crippen LogP) is 2.60. The van der Waals surface area contributed by atoms with Crippen LogP contribution in [-0.4, -0.2) is 36.6 Å². The number of hydrogen-bond donors (Lipinski definition) is 1. The van der Waals surface area contributed by atoms with E-state index in [2.05, 4.69) is 52.1 Å². The number of benzene rings is 2. The highest BCUT2D eigenvalue weighted by Gasteiger charge is 2.21. The Bertz CT molecular complexity index is 917. The maximum Gasteiger partial charge on any atom is 0.243 e. The Hall–Kier alpha value is -2.53. The van der Waals surface area contributed by atoms with Crippen molar-refractivity contribution in [1.29, 1.82) is 5.41 Å². The van der Waals surface area contributed by atoms with Gasteiger partial charge in [-0.2, -0.15) is 0 Å². The Morgan fingerprint density at radius 1 is 1.07 bits per heavy atom. The van der Waals surface area contributed by atoms with E-state index in [-0.39, 0.29) is 12.1 Å². The molecule has 1 unspecified atom stereocenters. The van der Waals surface area contributed by atoms with Crippen LogP contribution in [0.15, 0.2) is 58.5 Å². The lowest BCUT2D eigenvalue weighted by Gasteiger charge is -2.33. The zero-order valence-electron chi connectivity index (χ0n) is 15.8. The summed E-state index contributed by atoms with van der Waals surface area (Å²) in [6.07, 6.45) is 3.82. The van der Waals surface area contributed by atoms with Crippen molar-refractivity contribution >= 4 is 5.96 Å². The Balaban J connectivity index is 1.26. The molecule has 0 spiro atoms. The summed E-state index contributed by atoms with van der Waals surface area (Å²) < 4.78 is 6.09. The molecule has 2 aliphatic rings. The summed E-state index contributed by atoms with van der Waals surface area (Å²) >= 11 is 0. The molecule has 1 saturated heterocycles. The van der Waals surface area contributed by atoms with Crippen LogP contribution in [-0.2, 0) is 6.42 Å². The first-order chi connectivity index (χ1) is 13.2. The molecule has 0 aliphatic carbocycles. The third kappa shape index (κ3) is 4.61. The maximum atomic E-state index is 7.52. The Kier molecular flexibility index (Phi) is 5.30. The van der Waals surface area contributed by atoms with Gasteiger partial charge in [-0.05, 0) is 62.9 Å². The second-order valence-electron chi connectivity index (χ2n) is 7.56. The van der Waals surface area contributed by atoms with Gasteiger partial charge in [-0.1, -0.05) is 30.3 Å². The van der Waals surface area contributed by atoms with E-state index < -0.39 is 0 Å². The smallest absolute Gasteiger partial charge is 0.243 e. The van der Waals surface area contributed by atoms with E-state index in [9.17, 15) is 0 Å². The molecule has 0 radical (unpaired) electrons. The molecule has 27 heavy (non-hydrogen) atoms. The molecule has 2 aromatic carbocycles. The second kappa shape index (κ2) is 8.01. The van der Waals surface area contributed by atoms with E-state index >= 15 is 0 Å². The van der Waals surface area contributed by atoms with Crippen LogP contribution < -0.4 is 15.5 Å². The van der Waals surface area contributed by atoms with Gasteiger partial charge < -0.3 is 4.74 Å². The lowest BCUT2D eigenvalue weighted by atomic mass is 9.90. The number of nitrogens with zero attached hydrogens (tertiary/aromatic N) is 3. The van der Waals surface area contributed by atoms with Crippen molar-refractivity contribution in [2.75, 3.05) is 19.6 Å². The van der Waals surface area contributed by atoms with Crippen LogP contribution in [0.3, 0.4) is 0 Å². The highest BCUT2D eigenvalue weighted by molar-refractivity contribution is 5.79. The van der Waals surface area contributed by atoms with Crippen LogP contribution >= 0.6 is 0 Å². The molecule has 2 heterocycles. The third-order valence-electron chi connectivity index (χ3n) is 5.33. The van der Waals surface area contributed by atoms with E-state index in [1.165, 1.54) is 24.8 Å². The summed E-state index contributed by atoms with van der Waals surface area (Å²) in [5.74, 6) is 1.65. The van der Waals surface area contributed by atoms with Crippen molar-refractivity contribution in [3.8, 4) is 5.75 Å². The molecular weight excluding hydrogens is 336 g/mol. The molecule has 1 N–H and O–H groups in total. The highest BCUT2D eigenvalue weighted by atomic mass is 16.5. The maximum absolute atomic E-state index is 7.52. The number of ether oxygens (including phenoxy) is 1. The largest absolute Gasteiger partial charge is 0.489 e. The number of piperidine rings is 1. The summed E-state index contributed by atoms with van der Waals surface area (Å²) in [7, 11) is 0. The molecule has 0 bridgehead atoms. The molecule has 4 rings (SSSR count). The Labute approximate surface area is 159 Å². The van der Waals surface area contributed by atoms with Gasteiger partial charge in [0.05, 0.1) is 10.7 Å². The van der Waals surface area contributed by atoms with Gasteiger partial charge in [-0.25, -0.2) is 9.98 Å². The second-order valence-corrected chi connectivity index (χ2v) is 7.56. The SMILES string of the molecule is CC(CN1CCC(Cc2ccccc2)CC1)Oc1ccc2c(c1)=NC(=N)N=2. The molecule has 0 saturated carbocycles. The van der Waals surface area contributed by atoms with Gasteiger partial charge in [0.1, 0.15) is 11.9 Å². The van der Waals surface area contributed by atoms with E-state index in [1.807, 2.05) is 18.2 Å². The topological polar surface area (TPSA) is 61.0 Å². The highest BCUT2D eigenvalue weighted by Crippen LogP contribution is 2.22. The number of fused-ring (bicyclic) bond motifs is 1. The van der Waals surface area contributed by atoms with Crippen LogP contribution in [0, 0.1) is 11.3 Å². The molecule has 1 fully saturated rings. The van der Waals surface area contributed by atoms with E-state index in [0.29, 0.717) is 0 Å². The molecular formula is C22H26N4O. The lowest BCUT2D eigenvalue weighted by molar-refractivity contribution is 0.114. The van der Waals surface area contributed by atoms with Crippen molar-refractivity contribution in [2.45, 2.75) is 32.3 Å². The number of hydrogen-bond acceptors (Lipinski definition) is 3. The molecule has 0 aromatic heterocycles. The van der Waals surface area contributed by atoms with Crippen molar-refractivity contribution in [3.05, 3.63) is 64.8 Å². The van der Waals surface area contributed by atoms with Crippen LogP contribution in [0.5, 0.6) is 5.75 Å². The summed E-state index contributed by atoms with van der Waals surface area (Å²) in [6, 6.07) is 16.5. The molecule has 140 valence electrons. The van der Waals surface area contributed by atoms with Crippen molar-refractivity contribution in [1.82, 2.24) is 4.90 Å². The van der Waals surface area contributed by atoms with Gasteiger partial charge in [0.2, 0.25) is 5.96 Å². The van der Waals surface area contributed by atoms with Crippen LogP contribution in [0.4, 0.5) is 0 Å². The molecule has 1 atom stereocenters. The number of rotatable bonds is 6. The Morgan fingerprint density at radius 2 is 1.81 bits per heavy atom. The fraction of sp³-hybridized carbons (Fsp3) is 0.409. The number of likely N-dealkylation sites (tertiary alicyclic amines) is 1. The number of guanidine groups is 1. The van der Waals surface area contributed by atoms with Gasteiger partial charge in [-0.15, -0.1) is 0 Å². The minimum atomic E-state index is 0.0635. The first kappa shape index (κ1) is 17.9. The standard InChI is InChI=1S/C22H26N4O/c1-16(27-19-7-8-20-21(14-19)25-22(23)24-20)15-26-11-9-18(10-12-26)13-17-5-3-2-4-6-17/h2-8,14,16,18,23H,9-13,15H2,1H3. The molecule has 0 amide bonds. The first-order valence-electron chi connectivity index (χ1n) is 9.75. The summed E-state index contributed by atoms with van der Waals surface area (Å²) in [6.45, 7) is 5.33. The predicted molar refractivity (Wildman–Crippen MR) is 106 cm³/mol. The zero-order chi connectivity index (χ0) is 18.6. The molecule has 2 aromatic rings. The monoisotopic (exact) mass is 362 g/mol. The van der Waals surface area contributed by atoms with Crippen molar-refractivity contribution < 1.29 is 4.74 Å². The fourth-order valence-corrected chi connectivity index (χ4v) is 3.97. The zero-order valence-corrected chi connectivity index (χ0v) is 15.8. The van der Waals surface area contributed by atoms with E-state index in [0.717, 1.165) is 42.0 Å². The first-order valence-corrected chi connectivity index (χ1v) is 9.75. The minimum Gasteiger partial charge on any atom is -0.489 e. The summed E-state index contributed by atoms with van der Waals surface area (Å²) in [4.78, 5) is 10.7. The fourth-order valence-electron chi connectivity index (χ4n) is 3.97. The molecule has 5 heteroatoms. The van der Waals surface area contributed by atoms with E-state index in [4.69, 9.17) is 10.1 Å². The average Bonchev–Trinajstić information content (AvgIpc) is 3.03. The summed E-state index contributed by atoms with van der Waals surface area (Å²) in [5.41, 5.74) is 1.45.